The fraction of sp³-hybridized carbons (Fsp3) is 0.143. The van der Waals surface area contributed by atoms with Crippen LogP contribution in [-0.4, -0.2) is 25.0 Å². The van der Waals surface area contributed by atoms with E-state index < -0.39 is 0 Å². The molecule has 0 saturated carbocycles. The molecule has 0 radical (unpaired) electrons. The Morgan fingerprint density at radius 1 is 1.32 bits per heavy atom. The summed E-state index contributed by atoms with van der Waals surface area (Å²) in [5.41, 5.74) is 8.08. The number of nitrogens with zero attached hydrogens (tertiary/aromatic N) is 2. The molecule has 5 nitrogen and oxygen atoms in total. The van der Waals surface area contributed by atoms with E-state index >= 15 is 0 Å². The first-order chi connectivity index (χ1) is 9.13. The van der Waals surface area contributed by atoms with Crippen LogP contribution in [0.4, 0.5) is 11.4 Å². The molecule has 1 aromatic carbocycles. The van der Waals surface area contributed by atoms with E-state index in [1.807, 2.05) is 48.3 Å². The Kier molecular flexibility index (Phi) is 3.66. The molecule has 0 aliphatic rings. The first-order valence-electron chi connectivity index (χ1n) is 5.80. The molecule has 0 spiro atoms. The maximum absolute atomic E-state index is 7.62. The molecular weight excluding hydrogens is 240 g/mol. The second-order valence-corrected chi connectivity index (χ2v) is 4.05. The van der Waals surface area contributed by atoms with Crippen LogP contribution in [0.5, 0.6) is 5.88 Å². The summed E-state index contributed by atoms with van der Waals surface area (Å²) in [5.74, 6) is 0.591. The average molecular weight is 256 g/mol. The lowest BCUT2D eigenvalue weighted by molar-refractivity contribution is 0.398. The van der Waals surface area contributed by atoms with Gasteiger partial charge in [0.2, 0.25) is 5.88 Å². The number of ether oxygens (including phenoxy) is 1. The minimum atomic E-state index is 0.0449. The normalized spacial score (nSPS) is 10.0. The number of hydrogen-bond donors (Lipinski definition) is 2. The molecule has 0 aliphatic heterocycles. The Labute approximate surface area is 112 Å². The highest BCUT2D eigenvalue weighted by molar-refractivity contribution is 6.01. The largest absolute Gasteiger partial charge is 0.481 e. The number of anilines is 2. The van der Waals surface area contributed by atoms with Gasteiger partial charge in [-0.2, -0.15) is 0 Å². The summed E-state index contributed by atoms with van der Waals surface area (Å²) in [5, 5.41) is 7.62. The van der Waals surface area contributed by atoms with Crippen molar-refractivity contribution in [3.8, 4) is 5.88 Å². The van der Waals surface area contributed by atoms with Gasteiger partial charge in [-0.05, 0) is 18.2 Å². The second kappa shape index (κ2) is 5.39. The number of nitrogen functional groups attached to an aromatic ring is 1. The van der Waals surface area contributed by atoms with Gasteiger partial charge in [-0.1, -0.05) is 12.1 Å². The van der Waals surface area contributed by atoms with Gasteiger partial charge in [0.05, 0.1) is 12.8 Å². The zero-order valence-corrected chi connectivity index (χ0v) is 10.9. The molecule has 0 aliphatic carbocycles. The van der Waals surface area contributed by atoms with Crippen LogP contribution in [0.25, 0.3) is 0 Å². The van der Waals surface area contributed by atoms with E-state index in [1.165, 1.54) is 0 Å². The van der Waals surface area contributed by atoms with Gasteiger partial charge in [-0.15, -0.1) is 0 Å². The molecule has 0 amide bonds. The van der Waals surface area contributed by atoms with Crippen LogP contribution in [0.15, 0.2) is 42.6 Å². The van der Waals surface area contributed by atoms with Crippen LogP contribution in [-0.2, 0) is 0 Å². The van der Waals surface area contributed by atoms with Gasteiger partial charge in [-0.25, -0.2) is 4.98 Å². The van der Waals surface area contributed by atoms with Crippen molar-refractivity contribution in [1.82, 2.24) is 4.98 Å². The summed E-state index contributed by atoms with van der Waals surface area (Å²) in [7, 11) is 3.49. The molecule has 0 saturated heterocycles. The molecule has 19 heavy (non-hydrogen) atoms. The van der Waals surface area contributed by atoms with Crippen molar-refractivity contribution < 1.29 is 4.74 Å². The van der Waals surface area contributed by atoms with Gasteiger partial charge in [0.25, 0.3) is 0 Å². The topological polar surface area (TPSA) is 75.2 Å². The van der Waals surface area contributed by atoms with Crippen LogP contribution >= 0.6 is 0 Å². The van der Waals surface area contributed by atoms with Gasteiger partial charge >= 0.3 is 0 Å². The molecule has 5 heteroatoms. The van der Waals surface area contributed by atoms with Crippen molar-refractivity contribution >= 4 is 17.2 Å². The molecular formula is C14H16N4O. The fourth-order valence-corrected chi connectivity index (χ4v) is 1.85. The number of rotatable bonds is 4. The van der Waals surface area contributed by atoms with Crippen LogP contribution < -0.4 is 15.4 Å². The molecule has 1 aromatic heterocycles. The summed E-state index contributed by atoms with van der Waals surface area (Å²) in [4.78, 5) is 6.02. The summed E-state index contributed by atoms with van der Waals surface area (Å²) in [6.45, 7) is 0. The van der Waals surface area contributed by atoms with Crippen molar-refractivity contribution in [1.29, 1.82) is 5.41 Å². The van der Waals surface area contributed by atoms with Crippen molar-refractivity contribution in [3.05, 3.63) is 48.2 Å². The number of aromatic nitrogens is 1. The van der Waals surface area contributed by atoms with Gasteiger partial charge in [-0.3, -0.25) is 5.41 Å². The summed E-state index contributed by atoms with van der Waals surface area (Å²) in [6, 6.07) is 11.2. The van der Waals surface area contributed by atoms with Gasteiger partial charge in [0, 0.05) is 30.6 Å². The van der Waals surface area contributed by atoms with Crippen LogP contribution in [0, 0.1) is 5.41 Å². The highest BCUT2D eigenvalue weighted by Gasteiger charge is 2.11. The van der Waals surface area contributed by atoms with Crippen LogP contribution in [0.1, 0.15) is 5.56 Å². The fourth-order valence-electron chi connectivity index (χ4n) is 1.85. The standard InChI is InChI=1S/C14H16N4O/c1-18(10-7-8-17-13(9-10)19-2)12-6-4-3-5-11(12)14(15)16/h3-9H,1-2H3,(H3,15,16). The number of methoxy groups -OCH3 is 1. The van der Waals surface area contributed by atoms with E-state index in [-0.39, 0.29) is 5.84 Å². The Hall–Kier alpha value is -2.56. The van der Waals surface area contributed by atoms with Gasteiger partial charge < -0.3 is 15.4 Å². The Morgan fingerprint density at radius 3 is 2.74 bits per heavy atom. The SMILES string of the molecule is COc1cc(N(C)c2ccccc2C(=N)N)ccn1. The van der Waals surface area contributed by atoms with E-state index in [0.717, 1.165) is 11.4 Å². The van der Waals surface area contributed by atoms with Crippen molar-refractivity contribution in [2.24, 2.45) is 5.73 Å². The number of benzene rings is 1. The van der Waals surface area contributed by atoms with E-state index in [2.05, 4.69) is 4.98 Å². The molecule has 0 unspecified atom stereocenters. The van der Waals surface area contributed by atoms with Crippen molar-refractivity contribution in [2.45, 2.75) is 0 Å². The molecule has 1 heterocycles. The zero-order chi connectivity index (χ0) is 13.8. The van der Waals surface area contributed by atoms with Crippen molar-refractivity contribution in [2.75, 3.05) is 19.1 Å². The monoisotopic (exact) mass is 256 g/mol. The minimum absolute atomic E-state index is 0.0449. The summed E-state index contributed by atoms with van der Waals surface area (Å²) in [6.07, 6.45) is 1.68. The van der Waals surface area contributed by atoms with Crippen molar-refractivity contribution in [3.63, 3.8) is 0 Å². The number of pyridine rings is 1. The number of nitrogens with one attached hydrogen (secondary N) is 1. The Morgan fingerprint density at radius 2 is 2.05 bits per heavy atom. The highest BCUT2D eigenvalue weighted by atomic mass is 16.5. The molecule has 98 valence electrons. The maximum atomic E-state index is 7.62. The number of nitrogens with two attached hydrogens (primary N) is 1. The average Bonchev–Trinajstić information content (AvgIpc) is 2.46. The zero-order valence-electron chi connectivity index (χ0n) is 10.9. The first-order valence-corrected chi connectivity index (χ1v) is 5.80. The Balaban J connectivity index is 2.43. The van der Waals surface area contributed by atoms with Crippen LogP contribution in [0.3, 0.4) is 0 Å². The second-order valence-electron chi connectivity index (χ2n) is 4.05. The molecule has 0 bridgehead atoms. The van der Waals surface area contributed by atoms with E-state index in [9.17, 15) is 0 Å². The number of amidine groups is 1. The molecule has 2 aromatic rings. The van der Waals surface area contributed by atoms with Crippen LogP contribution in [0.2, 0.25) is 0 Å². The van der Waals surface area contributed by atoms with E-state index in [0.29, 0.717) is 11.4 Å². The summed E-state index contributed by atoms with van der Waals surface area (Å²) < 4.78 is 5.11. The Bertz CT molecular complexity index is 598. The van der Waals surface area contributed by atoms with Gasteiger partial charge in [0.1, 0.15) is 5.84 Å². The number of hydrogen-bond acceptors (Lipinski definition) is 4. The maximum Gasteiger partial charge on any atom is 0.214 e. The van der Waals surface area contributed by atoms with Gasteiger partial charge in [0.15, 0.2) is 0 Å². The lowest BCUT2D eigenvalue weighted by atomic mass is 10.1. The molecule has 0 fully saturated rings. The molecule has 2 rings (SSSR count). The summed E-state index contributed by atoms with van der Waals surface area (Å²) >= 11 is 0. The highest BCUT2D eigenvalue weighted by Crippen LogP contribution is 2.28. The predicted octanol–water partition coefficient (Wildman–Crippen LogP) is 2.14. The lowest BCUT2D eigenvalue weighted by Crippen LogP contribution is -2.18. The van der Waals surface area contributed by atoms with E-state index in [4.69, 9.17) is 15.9 Å². The van der Waals surface area contributed by atoms with E-state index in [1.54, 1.807) is 13.3 Å². The smallest absolute Gasteiger partial charge is 0.214 e. The quantitative estimate of drug-likeness (QED) is 0.649. The first kappa shape index (κ1) is 12.9. The molecule has 3 N–H and O–H groups in total. The lowest BCUT2D eigenvalue weighted by Gasteiger charge is -2.22. The molecule has 0 atom stereocenters. The number of para-hydroxylation sites is 1. The predicted molar refractivity (Wildman–Crippen MR) is 76.3 cm³/mol. The minimum Gasteiger partial charge on any atom is -0.481 e. The third-order valence-corrected chi connectivity index (χ3v) is 2.87. The third-order valence-electron chi connectivity index (χ3n) is 2.87. The third kappa shape index (κ3) is 2.65.